The number of nitrogens with two attached hydrogens (primary N) is 1. The summed E-state index contributed by atoms with van der Waals surface area (Å²) in [4.78, 5) is 4.04. The maximum absolute atomic E-state index is 5.83. The second kappa shape index (κ2) is 5.39. The van der Waals surface area contributed by atoms with E-state index in [2.05, 4.69) is 26.0 Å². The zero-order valence-corrected chi connectivity index (χ0v) is 11.9. The van der Waals surface area contributed by atoms with Crippen LogP contribution in [0.3, 0.4) is 0 Å². The van der Waals surface area contributed by atoms with E-state index < -0.39 is 0 Å². The van der Waals surface area contributed by atoms with Crippen LogP contribution < -0.4 is 10.5 Å². The van der Waals surface area contributed by atoms with E-state index in [0.717, 1.165) is 16.7 Å². The molecular formula is C12H15BrN4O. The van der Waals surface area contributed by atoms with Crippen LogP contribution in [-0.2, 0) is 6.54 Å². The van der Waals surface area contributed by atoms with E-state index in [-0.39, 0.29) is 6.10 Å². The number of rotatable bonds is 4. The Morgan fingerprint density at radius 1 is 1.56 bits per heavy atom. The molecule has 1 atom stereocenters. The minimum Gasteiger partial charge on any atom is -0.481 e. The SMILES string of the molecule is CCn1nccc1C(C)Oc1cc(Br)cnc1N. The van der Waals surface area contributed by atoms with Crippen LogP contribution in [0.2, 0.25) is 0 Å². The summed E-state index contributed by atoms with van der Waals surface area (Å²) in [6, 6.07) is 3.75. The fourth-order valence-corrected chi connectivity index (χ4v) is 2.04. The lowest BCUT2D eigenvalue weighted by Crippen LogP contribution is -2.11. The molecule has 0 bridgehead atoms. The number of halogens is 1. The maximum Gasteiger partial charge on any atom is 0.166 e. The van der Waals surface area contributed by atoms with Gasteiger partial charge in [-0.1, -0.05) is 0 Å². The predicted molar refractivity (Wildman–Crippen MR) is 73.3 cm³/mol. The number of hydrogen-bond acceptors (Lipinski definition) is 4. The fourth-order valence-electron chi connectivity index (χ4n) is 1.73. The average Bonchev–Trinajstić information content (AvgIpc) is 2.82. The van der Waals surface area contributed by atoms with E-state index >= 15 is 0 Å². The van der Waals surface area contributed by atoms with Gasteiger partial charge in [-0.2, -0.15) is 5.10 Å². The standard InChI is InChI=1S/C12H15BrN4O/c1-3-17-10(4-5-16-17)8(2)18-11-6-9(13)7-15-12(11)14/h4-8H,3H2,1-2H3,(H2,14,15). The summed E-state index contributed by atoms with van der Waals surface area (Å²) in [5.41, 5.74) is 6.79. The van der Waals surface area contributed by atoms with Crippen LogP contribution in [0, 0.1) is 0 Å². The Morgan fingerprint density at radius 3 is 3.06 bits per heavy atom. The summed E-state index contributed by atoms with van der Waals surface area (Å²) in [5, 5.41) is 4.22. The van der Waals surface area contributed by atoms with Crippen LogP contribution in [0.1, 0.15) is 25.6 Å². The Morgan fingerprint density at radius 2 is 2.33 bits per heavy atom. The highest BCUT2D eigenvalue weighted by molar-refractivity contribution is 9.10. The molecule has 0 fully saturated rings. The number of anilines is 1. The first-order valence-electron chi connectivity index (χ1n) is 5.71. The number of aryl methyl sites for hydroxylation is 1. The van der Waals surface area contributed by atoms with Crippen LogP contribution in [0.4, 0.5) is 5.82 Å². The molecular weight excluding hydrogens is 296 g/mol. The van der Waals surface area contributed by atoms with Crippen LogP contribution >= 0.6 is 15.9 Å². The molecule has 0 aliphatic rings. The van der Waals surface area contributed by atoms with Crippen molar-refractivity contribution in [2.45, 2.75) is 26.5 Å². The first-order chi connectivity index (χ1) is 8.61. The van der Waals surface area contributed by atoms with Gasteiger partial charge in [0.25, 0.3) is 0 Å². The molecule has 0 amide bonds. The number of nitrogens with zero attached hydrogens (tertiary/aromatic N) is 3. The predicted octanol–water partition coefficient (Wildman–Crippen LogP) is 2.78. The highest BCUT2D eigenvalue weighted by Crippen LogP contribution is 2.28. The van der Waals surface area contributed by atoms with Crippen LogP contribution in [0.5, 0.6) is 5.75 Å². The third-order valence-electron chi connectivity index (χ3n) is 2.62. The Bertz CT molecular complexity index is 541. The molecule has 2 N–H and O–H groups in total. The first-order valence-corrected chi connectivity index (χ1v) is 6.50. The monoisotopic (exact) mass is 310 g/mol. The molecule has 1 unspecified atom stereocenters. The van der Waals surface area contributed by atoms with Gasteiger partial charge in [0.2, 0.25) is 0 Å². The van der Waals surface area contributed by atoms with Crippen LogP contribution in [0.25, 0.3) is 0 Å². The Labute approximate surface area is 114 Å². The van der Waals surface area contributed by atoms with Crippen molar-refractivity contribution in [2.24, 2.45) is 0 Å². The summed E-state index contributed by atoms with van der Waals surface area (Å²) in [6.45, 7) is 4.81. The summed E-state index contributed by atoms with van der Waals surface area (Å²) < 4.78 is 8.57. The molecule has 0 spiro atoms. The van der Waals surface area contributed by atoms with Gasteiger partial charge in [0.15, 0.2) is 11.6 Å². The van der Waals surface area contributed by atoms with Crippen LogP contribution in [-0.4, -0.2) is 14.8 Å². The van der Waals surface area contributed by atoms with Crippen molar-refractivity contribution in [1.82, 2.24) is 14.8 Å². The number of aromatic nitrogens is 3. The van der Waals surface area contributed by atoms with E-state index in [1.54, 1.807) is 12.4 Å². The highest BCUT2D eigenvalue weighted by atomic mass is 79.9. The molecule has 18 heavy (non-hydrogen) atoms. The molecule has 96 valence electrons. The van der Waals surface area contributed by atoms with E-state index in [9.17, 15) is 0 Å². The number of hydrogen-bond donors (Lipinski definition) is 1. The van der Waals surface area contributed by atoms with Gasteiger partial charge in [0, 0.05) is 23.4 Å². The molecule has 2 aromatic heterocycles. The van der Waals surface area contributed by atoms with E-state index in [4.69, 9.17) is 10.5 Å². The van der Waals surface area contributed by atoms with Crippen molar-refractivity contribution in [3.05, 3.63) is 34.7 Å². The summed E-state index contributed by atoms with van der Waals surface area (Å²) in [6.07, 6.45) is 3.27. The molecule has 2 rings (SSSR count). The highest BCUT2D eigenvalue weighted by Gasteiger charge is 2.14. The first kappa shape index (κ1) is 12.9. The smallest absolute Gasteiger partial charge is 0.166 e. The zero-order chi connectivity index (χ0) is 13.1. The number of pyridine rings is 1. The van der Waals surface area contributed by atoms with Crippen molar-refractivity contribution < 1.29 is 4.74 Å². The number of ether oxygens (including phenoxy) is 1. The van der Waals surface area contributed by atoms with Crippen molar-refractivity contribution in [3.8, 4) is 5.75 Å². The molecule has 0 radical (unpaired) electrons. The minimum atomic E-state index is -0.133. The maximum atomic E-state index is 5.83. The van der Waals surface area contributed by atoms with Crippen molar-refractivity contribution in [2.75, 3.05) is 5.73 Å². The summed E-state index contributed by atoms with van der Waals surface area (Å²) >= 11 is 3.35. The quantitative estimate of drug-likeness (QED) is 0.943. The molecule has 0 aliphatic carbocycles. The van der Waals surface area contributed by atoms with E-state index in [1.807, 2.05) is 30.7 Å². The third-order valence-corrected chi connectivity index (χ3v) is 3.05. The zero-order valence-electron chi connectivity index (χ0n) is 10.3. The second-order valence-electron chi connectivity index (χ2n) is 3.87. The Hall–Kier alpha value is -1.56. The summed E-state index contributed by atoms with van der Waals surface area (Å²) in [5.74, 6) is 0.952. The van der Waals surface area contributed by atoms with Gasteiger partial charge in [0.1, 0.15) is 6.10 Å². The van der Waals surface area contributed by atoms with Crippen molar-refractivity contribution in [1.29, 1.82) is 0 Å². The molecule has 0 saturated heterocycles. The Kier molecular flexibility index (Phi) is 3.86. The van der Waals surface area contributed by atoms with E-state index in [0.29, 0.717) is 11.6 Å². The molecule has 0 aromatic carbocycles. The van der Waals surface area contributed by atoms with Gasteiger partial charge >= 0.3 is 0 Å². The number of nitrogen functional groups attached to an aromatic ring is 1. The molecule has 0 aliphatic heterocycles. The molecule has 2 aromatic rings. The van der Waals surface area contributed by atoms with Crippen LogP contribution in [0.15, 0.2) is 29.0 Å². The van der Waals surface area contributed by atoms with Gasteiger partial charge in [-0.3, -0.25) is 4.68 Å². The largest absolute Gasteiger partial charge is 0.481 e. The third kappa shape index (κ3) is 2.64. The van der Waals surface area contributed by atoms with Gasteiger partial charge in [0.05, 0.1) is 5.69 Å². The second-order valence-corrected chi connectivity index (χ2v) is 4.78. The normalized spacial score (nSPS) is 12.4. The van der Waals surface area contributed by atoms with Gasteiger partial charge in [-0.25, -0.2) is 4.98 Å². The van der Waals surface area contributed by atoms with Gasteiger partial charge < -0.3 is 10.5 Å². The summed E-state index contributed by atoms with van der Waals surface area (Å²) in [7, 11) is 0. The molecule has 0 saturated carbocycles. The Balaban J connectivity index is 2.21. The minimum absolute atomic E-state index is 0.133. The van der Waals surface area contributed by atoms with Crippen molar-refractivity contribution in [3.63, 3.8) is 0 Å². The lowest BCUT2D eigenvalue weighted by molar-refractivity contribution is 0.215. The van der Waals surface area contributed by atoms with Gasteiger partial charge in [-0.05, 0) is 41.9 Å². The van der Waals surface area contributed by atoms with Crippen molar-refractivity contribution >= 4 is 21.7 Å². The fraction of sp³-hybridized carbons (Fsp3) is 0.333. The molecule has 2 heterocycles. The lowest BCUT2D eigenvalue weighted by atomic mass is 10.3. The molecule has 6 heteroatoms. The molecule has 5 nitrogen and oxygen atoms in total. The lowest BCUT2D eigenvalue weighted by Gasteiger charge is -2.16. The topological polar surface area (TPSA) is 66.0 Å². The van der Waals surface area contributed by atoms with E-state index in [1.165, 1.54) is 0 Å². The van der Waals surface area contributed by atoms with Gasteiger partial charge in [-0.15, -0.1) is 0 Å². The average molecular weight is 311 g/mol.